The van der Waals surface area contributed by atoms with Gasteiger partial charge in [0, 0.05) is 5.92 Å². The minimum atomic E-state index is -3.31. The first-order chi connectivity index (χ1) is 7.83. The van der Waals surface area contributed by atoms with Gasteiger partial charge in [-0.2, -0.15) is 0 Å². The molecular weight excluding hydrogens is 240 g/mol. The monoisotopic (exact) mass is 254 g/mol. The summed E-state index contributed by atoms with van der Waals surface area (Å²) in [4.78, 5) is 11.3. The van der Waals surface area contributed by atoms with Gasteiger partial charge < -0.3 is 5.11 Å². The number of carboxylic acid groups (broad SMARTS) is 1. The molecule has 0 aromatic heterocycles. The molecule has 1 aliphatic rings. The Kier molecular flexibility index (Phi) is 2.73. The van der Waals surface area contributed by atoms with Crippen molar-refractivity contribution in [2.45, 2.75) is 24.7 Å². The van der Waals surface area contributed by atoms with Crippen LogP contribution < -0.4 is 0 Å². The van der Waals surface area contributed by atoms with Crippen molar-refractivity contribution in [2.75, 3.05) is 5.75 Å². The van der Waals surface area contributed by atoms with Gasteiger partial charge in [-0.3, -0.25) is 4.79 Å². The molecule has 4 nitrogen and oxygen atoms in total. The Labute approximate surface area is 100 Å². The maximum Gasteiger partial charge on any atom is 0.306 e. The molecule has 5 heteroatoms. The molecule has 0 saturated heterocycles. The Balaban J connectivity index is 2.57. The van der Waals surface area contributed by atoms with Crippen molar-refractivity contribution in [3.63, 3.8) is 0 Å². The minimum absolute atomic E-state index is 0.0980. The fourth-order valence-electron chi connectivity index (χ4n) is 2.24. The zero-order valence-corrected chi connectivity index (χ0v) is 10.5. The molecule has 0 saturated carbocycles. The van der Waals surface area contributed by atoms with E-state index in [1.807, 2.05) is 6.92 Å². The molecule has 0 bridgehead atoms. The smallest absolute Gasteiger partial charge is 0.306 e. The molecule has 17 heavy (non-hydrogen) atoms. The molecule has 1 aliphatic heterocycles. The molecule has 92 valence electrons. The summed E-state index contributed by atoms with van der Waals surface area (Å²) in [5.74, 6) is -2.18. The number of sulfone groups is 1. The first kappa shape index (κ1) is 12.1. The summed E-state index contributed by atoms with van der Waals surface area (Å²) < 4.78 is 23.8. The molecule has 2 atom stereocenters. The molecule has 1 heterocycles. The summed E-state index contributed by atoms with van der Waals surface area (Å²) in [5, 5.41) is 9.01. The van der Waals surface area contributed by atoms with Crippen LogP contribution in [0.3, 0.4) is 0 Å². The van der Waals surface area contributed by atoms with E-state index in [2.05, 4.69) is 0 Å². The van der Waals surface area contributed by atoms with Gasteiger partial charge in [-0.15, -0.1) is 0 Å². The Morgan fingerprint density at radius 3 is 2.71 bits per heavy atom. The van der Waals surface area contributed by atoms with E-state index in [1.54, 1.807) is 25.1 Å². The molecule has 1 N–H and O–H groups in total. The summed E-state index contributed by atoms with van der Waals surface area (Å²) in [6.45, 7) is 3.42. The zero-order chi connectivity index (χ0) is 12.8. The second kappa shape index (κ2) is 3.84. The predicted octanol–water partition coefficient (Wildman–Crippen LogP) is 1.59. The number of benzene rings is 1. The van der Waals surface area contributed by atoms with Gasteiger partial charge >= 0.3 is 5.97 Å². The number of rotatable bonds is 2. The SMILES string of the molecule is Cc1ccc2c(c1)C(C(C)C(=O)O)CS2(=O)=O. The van der Waals surface area contributed by atoms with E-state index in [1.165, 1.54) is 0 Å². The van der Waals surface area contributed by atoms with E-state index in [0.717, 1.165) is 5.56 Å². The molecule has 2 rings (SSSR count). The predicted molar refractivity (Wildman–Crippen MR) is 62.8 cm³/mol. The molecular formula is C12H14O4S. The Morgan fingerprint density at radius 2 is 2.12 bits per heavy atom. The van der Waals surface area contributed by atoms with Crippen LogP contribution in [0.4, 0.5) is 0 Å². The quantitative estimate of drug-likeness (QED) is 0.870. The molecule has 1 aromatic carbocycles. The van der Waals surface area contributed by atoms with Crippen molar-refractivity contribution in [2.24, 2.45) is 5.92 Å². The van der Waals surface area contributed by atoms with Crippen LogP contribution in [0, 0.1) is 12.8 Å². The Bertz CT molecular complexity index is 574. The summed E-state index contributed by atoms with van der Waals surface area (Å²) >= 11 is 0. The number of hydrogen-bond acceptors (Lipinski definition) is 3. The number of aryl methyl sites for hydroxylation is 1. The minimum Gasteiger partial charge on any atom is -0.481 e. The van der Waals surface area contributed by atoms with Crippen LogP contribution >= 0.6 is 0 Å². The molecule has 0 radical (unpaired) electrons. The lowest BCUT2D eigenvalue weighted by Gasteiger charge is -2.14. The summed E-state index contributed by atoms with van der Waals surface area (Å²) in [7, 11) is -3.31. The van der Waals surface area contributed by atoms with Crippen LogP contribution in [-0.2, 0) is 14.6 Å². The molecule has 0 fully saturated rings. The van der Waals surface area contributed by atoms with E-state index in [4.69, 9.17) is 5.11 Å². The van der Waals surface area contributed by atoms with E-state index in [-0.39, 0.29) is 5.75 Å². The first-order valence-corrected chi connectivity index (χ1v) is 7.04. The molecule has 0 aliphatic carbocycles. The number of carboxylic acids is 1. The topological polar surface area (TPSA) is 71.4 Å². The van der Waals surface area contributed by atoms with Gasteiger partial charge in [0.2, 0.25) is 0 Å². The maximum atomic E-state index is 11.9. The highest BCUT2D eigenvalue weighted by atomic mass is 32.2. The van der Waals surface area contributed by atoms with Crippen LogP contribution in [0.5, 0.6) is 0 Å². The van der Waals surface area contributed by atoms with Crippen molar-refractivity contribution >= 4 is 15.8 Å². The average molecular weight is 254 g/mol. The Morgan fingerprint density at radius 1 is 1.47 bits per heavy atom. The highest BCUT2D eigenvalue weighted by Gasteiger charge is 2.39. The lowest BCUT2D eigenvalue weighted by molar-refractivity contribution is -0.141. The Hall–Kier alpha value is -1.36. The number of aliphatic carboxylic acids is 1. The normalized spacial score (nSPS) is 23.1. The van der Waals surface area contributed by atoms with Gasteiger partial charge in [-0.05, 0) is 18.6 Å². The van der Waals surface area contributed by atoms with Gasteiger partial charge in [-0.25, -0.2) is 8.42 Å². The highest BCUT2D eigenvalue weighted by Crippen LogP contribution is 2.39. The van der Waals surface area contributed by atoms with Crippen molar-refractivity contribution in [1.82, 2.24) is 0 Å². The molecule has 0 spiro atoms. The van der Waals surface area contributed by atoms with Gasteiger partial charge in [0.15, 0.2) is 9.84 Å². The van der Waals surface area contributed by atoms with Gasteiger partial charge in [0.05, 0.1) is 16.6 Å². The van der Waals surface area contributed by atoms with Crippen molar-refractivity contribution in [3.05, 3.63) is 29.3 Å². The number of fused-ring (bicyclic) bond motifs is 1. The van der Waals surface area contributed by atoms with E-state index in [9.17, 15) is 13.2 Å². The third-order valence-corrected chi connectivity index (χ3v) is 5.13. The maximum absolute atomic E-state index is 11.9. The molecule has 1 aromatic rings. The molecule has 2 unspecified atom stereocenters. The van der Waals surface area contributed by atoms with Crippen molar-refractivity contribution < 1.29 is 18.3 Å². The number of hydrogen-bond donors (Lipinski definition) is 1. The van der Waals surface area contributed by atoms with Crippen LogP contribution in [-0.4, -0.2) is 25.2 Å². The third kappa shape index (κ3) is 1.95. The van der Waals surface area contributed by atoms with Crippen LogP contribution in [0.2, 0.25) is 0 Å². The third-order valence-electron chi connectivity index (χ3n) is 3.29. The van der Waals surface area contributed by atoms with Crippen LogP contribution in [0.1, 0.15) is 24.0 Å². The highest BCUT2D eigenvalue weighted by molar-refractivity contribution is 7.91. The largest absolute Gasteiger partial charge is 0.481 e. The van der Waals surface area contributed by atoms with E-state index in [0.29, 0.717) is 10.5 Å². The second-order valence-corrected chi connectivity index (χ2v) is 6.56. The standard InChI is InChI=1S/C12H14O4S/c1-7-3-4-11-9(5-7)10(6-17(11,15)16)8(2)12(13)14/h3-5,8,10H,6H2,1-2H3,(H,13,14). The fourth-order valence-corrected chi connectivity index (χ4v) is 4.21. The van der Waals surface area contributed by atoms with Gasteiger partial charge in [0.25, 0.3) is 0 Å². The van der Waals surface area contributed by atoms with Crippen LogP contribution in [0.25, 0.3) is 0 Å². The van der Waals surface area contributed by atoms with E-state index < -0.39 is 27.6 Å². The first-order valence-electron chi connectivity index (χ1n) is 5.39. The van der Waals surface area contributed by atoms with Crippen LogP contribution in [0.15, 0.2) is 23.1 Å². The summed E-state index contributed by atoms with van der Waals surface area (Å²) in [6.07, 6.45) is 0. The lowest BCUT2D eigenvalue weighted by Crippen LogP contribution is -2.20. The average Bonchev–Trinajstić information content (AvgIpc) is 2.49. The summed E-state index contributed by atoms with van der Waals surface area (Å²) in [6, 6.07) is 5.10. The van der Waals surface area contributed by atoms with Crippen molar-refractivity contribution in [1.29, 1.82) is 0 Å². The zero-order valence-electron chi connectivity index (χ0n) is 9.67. The molecule has 0 amide bonds. The van der Waals surface area contributed by atoms with E-state index >= 15 is 0 Å². The van der Waals surface area contributed by atoms with Gasteiger partial charge in [-0.1, -0.05) is 24.6 Å². The fraction of sp³-hybridized carbons (Fsp3) is 0.417. The lowest BCUT2D eigenvalue weighted by atomic mass is 9.88. The second-order valence-electron chi connectivity index (χ2n) is 4.56. The van der Waals surface area contributed by atoms with Crippen molar-refractivity contribution in [3.8, 4) is 0 Å². The number of carbonyl (C=O) groups is 1. The van der Waals surface area contributed by atoms with Gasteiger partial charge in [0.1, 0.15) is 0 Å². The summed E-state index contributed by atoms with van der Waals surface area (Å²) in [5.41, 5.74) is 1.60.